The number of aliphatic hydroxyl groups is 1. The lowest BCUT2D eigenvalue weighted by molar-refractivity contribution is -0.142. The van der Waals surface area contributed by atoms with E-state index in [2.05, 4.69) is 14.9 Å². The molecule has 3 aromatic rings. The van der Waals surface area contributed by atoms with Crippen molar-refractivity contribution in [1.82, 2.24) is 19.8 Å². The molecule has 0 spiro atoms. The van der Waals surface area contributed by atoms with Gasteiger partial charge in [0.05, 0.1) is 11.7 Å². The van der Waals surface area contributed by atoms with E-state index in [9.17, 15) is 23.1 Å². The van der Waals surface area contributed by atoms with Crippen LogP contribution in [0, 0.1) is 17.6 Å². The van der Waals surface area contributed by atoms with Gasteiger partial charge in [0.25, 0.3) is 5.91 Å². The summed E-state index contributed by atoms with van der Waals surface area (Å²) >= 11 is 0. The third-order valence-electron chi connectivity index (χ3n) is 7.43. The van der Waals surface area contributed by atoms with Gasteiger partial charge in [-0.15, -0.1) is 0 Å². The van der Waals surface area contributed by atoms with Gasteiger partial charge in [0, 0.05) is 26.0 Å². The second-order valence-corrected chi connectivity index (χ2v) is 10.1. The number of carbonyl (C=O) groups excluding carboxylic acids is 1. The Morgan fingerprint density at radius 1 is 1.05 bits per heavy atom. The molecule has 0 bridgehead atoms. The van der Waals surface area contributed by atoms with Gasteiger partial charge < -0.3 is 10.0 Å². The summed E-state index contributed by atoms with van der Waals surface area (Å²) in [5, 5.41) is 10.4. The first kappa shape index (κ1) is 25.4. The van der Waals surface area contributed by atoms with E-state index in [1.807, 2.05) is 6.07 Å². The molecule has 6 nitrogen and oxygen atoms in total. The first-order chi connectivity index (χ1) is 17.7. The van der Waals surface area contributed by atoms with Gasteiger partial charge in [0.2, 0.25) is 5.95 Å². The zero-order valence-electron chi connectivity index (χ0n) is 20.6. The van der Waals surface area contributed by atoms with Crippen LogP contribution in [0.4, 0.5) is 13.2 Å². The fourth-order valence-electron chi connectivity index (χ4n) is 5.06. The molecule has 2 aliphatic rings. The number of nitrogens with zero attached hydrogens (tertiary/aromatic N) is 4. The number of rotatable bonds is 7. The Morgan fingerprint density at radius 3 is 2.41 bits per heavy atom. The smallest absolute Gasteiger partial charge is 0.255 e. The second-order valence-electron chi connectivity index (χ2n) is 10.1. The molecule has 1 aromatic carbocycles. The number of carbonyl (C=O) groups is 1. The number of halogens is 3. The van der Waals surface area contributed by atoms with E-state index in [-0.39, 0.29) is 0 Å². The number of piperidine rings is 1. The summed E-state index contributed by atoms with van der Waals surface area (Å²) in [6, 6.07) is 9.67. The Balaban J connectivity index is 1.29. The molecule has 1 N–H and O–H groups in total. The Hall–Kier alpha value is -3.30. The number of benzene rings is 1. The topological polar surface area (TPSA) is 69.6 Å². The molecule has 1 saturated carbocycles. The lowest BCUT2D eigenvalue weighted by Gasteiger charge is -2.32. The van der Waals surface area contributed by atoms with Crippen molar-refractivity contribution >= 4 is 5.91 Å². The Morgan fingerprint density at radius 2 is 1.81 bits per heavy atom. The summed E-state index contributed by atoms with van der Waals surface area (Å²) in [4.78, 5) is 24.9. The van der Waals surface area contributed by atoms with E-state index >= 15 is 0 Å². The van der Waals surface area contributed by atoms with Gasteiger partial charge in [0.15, 0.2) is 11.6 Å². The largest absolute Gasteiger partial charge is 0.380 e. The number of likely N-dealkylation sites (tertiary alicyclic amines) is 1. The molecule has 1 aliphatic carbocycles. The average molecular weight is 511 g/mol. The van der Waals surface area contributed by atoms with E-state index in [4.69, 9.17) is 0 Å². The Kier molecular flexibility index (Phi) is 7.00. The maximum absolute atomic E-state index is 14.1. The van der Waals surface area contributed by atoms with Crippen molar-refractivity contribution in [2.24, 2.45) is 0 Å². The number of hydrogen-bond donors (Lipinski definition) is 1. The summed E-state index contributed by atoms with van der Waals surface area (Å²) in [5.41, 5.74) is 1.52. The quantitative estimate of drug-likeness (QED) is 0.479. The zero-order chi connectivity index (χ0) is 26.2. The maximum Gasteiger partial charge on any atom is 0.255 e. The summed E-state index contributed by atoms with van der Waals surface area (Å²) in [6.07, 6.45) is 6.01. The number of likely N-dealkylation sites (N-methyl/N-ethyl adjacent to an activating group) is 1. The number of aromatic nitrogens is 2. The Bertz CT molecular complexity index is 1260. The van der Waals surface area contributed by atoms with Crippen LogP contribution in [-0.4, -0.2) is 56.5 Å². The van der Waals surface area contributed by atoms with Gasteiger partial charge >= 0.3 is 0 Å². The molecule has 3 heterocycles. The van der Waals surface area contributed by atoms with Crippen LogP contribution in [0.5, 0.6) is 0 Å². The zero-order valence-corrected chi connectivity index (χ0v) is 20.6. The molecule has 1 aliphatic heterocycles. The van der Waals surface area contributed by atoms with Crippen LogP contribution in [0.1, 0.15) is 60.0 Å². The summed E-state index contributed by atoms with van der Waals surface area (Å²) in [7, 11) is 1.54. The van der Waals surface area contributed by atoms with Gasteiger partial charge in [-0.05, 0) is 85.6 Å². The first-order valence-corrected chi connectivity index (χ1v) is 12.5. The monoisotopic (exact) mass is 510 g/mol. The van der Waals surface area contributed by atoms with Crippen molar-refractivity contribution in [2.75, 3.05) is 20.1 Å². The van der Waals surface area contributed by atoms with Crippen molar-refractivity contribution in [3.8, 4) is 0 Å². The minimum absolute atomic E-state index is 0.357. The molecular formula is C28H29F3N4O2. The minimum atomic E-state index is -1.40. The lowest BCUT2D eigenvalue weighted by atomic mass is 9.90. The summed E-state index contributed by atoms with van der Waals surface area (Å²) in [5.74, 6) is -2.56. The molecule has 1 unspecified atom stereocenters. The Labute approximate surface area is 213 Å². The predicted molar refractivity (Wildman–Crippen MR) is 131 cm³/mol. The molecule has 194 valence electrons. The molecule has 0 radical (unpaired) electrons. The minimum Gasteiger partial charge on any atom is -0.380 e. The lowest BCUT2D eigenvalue weighted by Crippen LogP contribution is -2.41. The molecule has 2 aromatic heterocycles. The maximum atomic E-state index is 14.1. The van der Waals surface area contributed by atoms with Crippen LogP contribution in [0.25, 0.3) is 0 Å². The predicted octanol–water partition coefficient (Wildman–Crippen LogP) is 4.35. The van der Waals surface area contributed by atoms with Crippen LogP contribution in [0.2, 0.25) is 0 Å². The standard InChI is InChI=1S/C28H29F3N4O2/c1-34(27(36)28(37)10-11-28)26(20-3-5-22(29)23(30)14-20)24-6-2-18(15-32-24)17-35-12-8-19(9-13-35)21-4-7-25(31)33-16-21/h2-7,14-16,19,26,37H,8-13,17H2,1H3. The summed E-state index contributed by atoms with van der Waals surface area (Å²) < 4.78 is 40.8. The molecule has 1 atom stereocenters. The molecule has 2 fully saturated rings. The molecule has 5 rings (SSSR count). The fourth-order valence-corrected chi connectivity index (χ4v) is 5.06. The van der Waals surface area contributed by atoms with E-state index < -0.39 is 35.1 Å². The van der Waals surface area contributed by atoms with Crippen LogP contribution in [0.3, 0.4) is 0 Å². The van der Waals surface area contributed by atoms with Gasteiger partial charge in [-0.3, -0.25) is 14.7 Å². The van der Waals surface area contributed by atoms with Gasteiger partial charge in [-0.2, -0.15) is 4.39 Å². The van der Waals surface area contributed by atoms with Gasteiger partial charge in [0.1, 0.15) is 5.60 Å². The second kappa shape index (κ2) is 10.2. The molecule has 37 heavy (non-hydrogen) atoms. The third kappa shape index (κ3) is 5.52. The molecular weight excluding hydrogens is 481 g/mol. The SMILES string of the molecule is CN(C(=O)C1(O)CC1)C(c1ccc(F)c(F)c1)c1ccc(CN2CCC(c3ccc(F)nc3)CC2)cn1. The van der Waals surface area contributed by atoms with Crippen LogP contribution in [0.15, 0.2) is 54.9 Å². The first-order valence-electron chi connectivity index (χ1n) is 12.5. The highest BCUT2D eigenvalue weighted by Gasteiger charge is 2.50. The number of hydrogen-bond acceptors (Lipinski definition) is 5. The fraction of sp³-hybridized carbons (Fsp3) is 0.393. The van der Waals surface area contributed by atoms with Crippen LogP contribution >= 0.6 is 0 Å². The number of amides is 1. The third-order valence-corrected chi connectivity index (χ3v) is 7.43. The van der Waals surface area contributed by atoms with Crippen molar-refractivity contribution < 1.29 is 23.1 Å². The van der Waals surface area contributed by atoms with Crippen molar-refractivity contribution in [1.29, 1.82) is 0 Å². The van der Waals surface area contributed by atoms with Gasteiger partial charge in [-0.1, -0.05) is 18.2 Å². The normalized spacial score (nSPS) is 18.4. The molecule has 1 amide bonds. The van der Waals surface area contributed by atoms with Gasteiger partial charge in [-0.25, -0.2) is 13.8 Å². The van der Waals surface area contributed by atoms with E-state index in [1.165, 1.54) is 17.0 Å². The van der Waals surface area contributed by atoms with E-state index in [0.717, 1.165) is 49.2 Å². The van der Waals surface area contributed by atoms with Crippen LogP contribution < -0.4 is 0 Å². The van der Waals surface area contributed by atoms with E-state index in [1.54, 1.807) is 31.6 Å². The van der Waals surface area contributed by atoms with Crippen molar-refractivity contribution in [3.63, 3.8) is 0 Å². The molecule has 9 heteroatoms. The average Bonchev–Trinajstić information content (AvgIpc) is 3.66. The molecule has 1 saturated heterocycles. The van der Waals surface area contributed by atoms with Crippen molar-refractivity contribution in [3.05, 3.63) is 94.8 Å². The highest BCUT2D eigenvalue weighted by atomic mass is 19.2. The number of pyridine rings is 2. The summed E-state index contributed by atoms with van der Waals surface area (Å²) in [6.45, 7) is 2.47. The highest BCUT2D eigenvalue weighted by molar-refractivity contribution is 5.88. The van der Waals surface area contributed by atoms with Crippen molar-refractivity contribution in [2.45, 2.75) is 49.8 Å². The van der Waals surface area contributed by atoms with Crippen LogP contribution in [-0.2, 0) is 11.3 Å². The highest BCUT2D eigenvalue weighted by Crippen LogP contribution is 2.39. The van der Waals surface area contributed by atoms with E-state index in [0.29, 0.717) is 36.6 Å².